The molecule has 0 amide bonds. The van der Waals surface area contributed by atoms with Crippen molar-refractivity contribution in [2.24, 2.45) is 0 Å². The van der Waals surface area contributed by atoms with Crippen LogP contribution >= 0.6 is 0 Å². The Balaban J connectivity index is 1.50. The number of carbonyl (C=O) groups is 1. The fraction of sp³-hybridized carbons (Fsp3) is 0.480. The lowest BCUT2D eigenvalue weighted by molar-refractivity contribution is -0.117. The van der Waals surface area contributed by atoms with E-state index in [1.807, 2.05) is 0 Å². The van der Waals surface area contributed by atoms with Crippen LogP contribution in [-0.4, -0.2) is 30.3 Å². The van der Waals surface area contributed by atoms with Crippen molar-refractivity contribution < 1.29 is 4.79 Å². The normalized spacial score (nSPS) is 14.6. The fourth-order valence-electron chi connectivity index (χ4n) is 4.20. The zero-order valence-electron chi connectivity index (χ0n) is 16.8. The number of Topliss-reactive ketones (excluding diaryl/α,β-unsaturated/α-hetero) is 1. The molecule has 27 heavy (non-hydrogen) atoms. The molecule has 2 heteroatoms. The molecule has 2 aromatic rings. The molecular formula is C25H33NO. The van der Waals surface area contributed by atoms with Gasteiger partial charge >= 0.3 is 0 Å². The third-order valence-electron chi connectivity index (χ3n) is 5.75. The number of nitrogens with zero attached hydrogens (tertiary/aromatic N) is 1. The molecular weight excluding hydrogens is 330 g/mol. The Hall–Kier alpha value is -1.93. The average Bonchev–Trinajstić information content (AvgIpc) is 2.89. The molecule has 2 nitrogen and oxygen atoms in total. The van der Waals surface area contributed by atoms with Gasteiger partial charge in [-0.05, 0) is 80.7 Å². The molecule has 2 aromatic carbocycles. The van der Waals surface area contributed by atoms with Crippen LogP contribution in [0.25, 0.3) is 0 Å². The van der Waals surface area contributed by atoms with Crippen LogP contribution in [0.15, 0.2) is 48.5 Å². The van der Waals surface area contributed by atoms with Crippen LogP contribution in [0.3, 0.4) is 0 Å². The van der Waals surface area contributed by atoms with Crippen LogP contribution in [0, 0.1) is 0 Å². The Kier molecular flexibility index (Phi) is 7.65. The van der Waals surface area contributed by atoms with Gasteiger partial charge in [0, 0.05) is 19.5 Å². The number of ketones is 1. The third-order valence-corrected chi connectivity index (χ3v) is 5.75. The van der Waals surface area contributed by atoms with E-state index in [2.05, 4.69) is 53.4 Å². The Morgan fingerprint density at radius 2 is 1.67 bits per heavy atom. The third kappa shape index (κ3) is 6.32. The predicted molar refractivity (Wildman–Crippen MR) is 113 cm³/mol. The van der Waals surface area contributed by atoms with Gasteiger partial charge in [0.15, 0.2) is 0 Å². The van der Waals surface area contributed by atoms with E-state index in [-0.39, 0.29) is 0 Å². The Labute approximate surface area is 164 Å². The zero-order valence-corrected chi connectivity index (χ0v) is 16.8. The molecule has 0 atom stereocenters. The van der Waals surface area contributed by atoms with Crippen molar-refractivity contribution in [1.82, 2.24) is 4.90 Å². The molecule has 144 valence electrons. The van der Waals surface area contributed by atoms with E-state index in [0.717, 1.165) is 45.3 Å². The minimum atomic E-state index is 0.311. The molecule has 0 spiro atoms. The van der Waals surface area contributed by atoms with E-state index in [0.29, 0.717) is 5.78 Å². The summed E-state index contributed by atoms with van der Waals surface area (Å²) in [6.07, 6.45) is 8.91. The highest BCUT2D eigenvalue weighted by molar-refractivity contribution is 5.75. The first kappa shape index (κ1) is 19.8. The summed E-state index contributed by atoms with van der Waals surface area (Å²) in [5.41, 5.74) is 6.16. The number of carbonyl (C=O) groups excluding carboxylic acids is 1. The maximum Gasteiger partial charge on any atom is 0.129 e. The zero-order chi connectivity index (χ0) is 18.9. The van der Waals surface area contributed by atoms with E-state index >= 15 is 0 Å². The van der Waals surface area contributed by atoms with Crippen molar-refractivity contribution in [3.63, 3.8) is 0 Å². The van der Waals surface area contributed by atoms with Crippen LogP contribution in [-0.2, 0) is 30.5 Å². The number of benzene rings is 2. The second-order valence-electron chi connectivity index (χ2n) is 7.89. The molecule has 1 aliphatic rings. The predicted octanol–water partition coefficient (Wildman–Crippen LogP) is 5.02. The SMILES string of the molecule is CC(=O)CCCN1CCc2cccc(CCCCc3ccccc3)c2CC1. The lowest BCUT2D eigenvalue weighted by Crippen LogP contribution is -2.27. The van der Waals surface area contributed by atoms with Crippen molar-refractivity contribution >= 4 is 5.78 Å². The number of unbranched alkanes of at least 4 members (excludes halogenated alkanes) is 1. The lowest BCUT2D eigenvalue weighted by atomic mass is 9.93. The van der Waals surface area contributed by atoms with E-state index in [4.69, 9.17) is 0 Å². The minimum absolute atomic E-state index is 0.311. The largest absolute Gasteiger partial charge is 0.303 e. The highest BCUT2D eigenvalue weighted by Crippen LogP contribution is 2.22. The summed E-state index contributed by atoms with van der Waals surface area (Å²) in [6, 6.07) is 17.7. The van der Waals surface area contributed by atoms with Gasteiger partial charge in [0.2, 0.25) is 0 Å². The first-order valence-corrected chi connectivity index (χ1v) is 10.6. The van der Waals surface area contributed by atoms with Crippen LogP contribution in [0.2, 0.25) is 0 Å². The highest BCUT2D eigenvalue weighted by atomic mass is 16.1. The minimum Gasteiger partial charge on any atom is -0.303 e. The molecule has 0 unspecified atom stereocenters. The summed E-state index contributed by atoms with van der Waals surface area (Å²) >= 11 is 0. The van der Waals surface area contributed by atoms with Gasteiger partial charge in [0.05, 0.1) is 0 Å². The number of fused-ring (bicyclic) bond motifs is 1. The van der Waals surface area contributed by atoms with Gasteiger partial charge < -0.3 is 9.69 Å². The van der Waals surface area contributed by atoms with Gasteiger partial charge in [-0.1, -0.05) is 48.5 Å². The molecule has 1 heterocycles. The molecule has 0 N–H and O–H groups in total. The van der Waals surface area contributed by atoms with Gasteiger partial charge in [-0.2, -0.15) is 0 Å². The molecule has 0 saturated carbocycles. The van der Waals surface area contributed by atoms with Crippen LogP contribution in [0.1, 0.15) is 54.9 Å². The highest BCUT2D eigenvalue weighted by Gasteiger charge is 2.16. The molecule has 0 aromatic heterocycles. The molecule has 0 saturated heterocycles. The van der Waals surface area contributed by atoms with Gasteiger partial charge in [-0.3, -0.25) is 0 Å². The van der Waals surface area contributed by atoms with Gasteiger partial charge in [-0.25, -0.2) is 0 Å². The molecule has 0 bridgehead atoms. The van der Waals surface area contributed by atoms with Crippen molar-refractivity contribution in [1.29, 1.82) is 0 Å². The Morgan fingerprint density at radius 1 is 0.889 bits per heavy atom. The first-order valence-electron chi connectivity index (χ1n) is 10.6. The monoisotopic (exact) mass is 363 g/mol. The fourth-order valence-corrected chi connectivity index (χ4v) is 4.20. The summed E-state index contributed by atoms with van der Waals surface area (Å²) in [7, 11) is 0. The van der Waals surface area contributed by atoms with Crippen LogP contribution in [0.5, 0.6) is 0 Å². The quantitative estimate of drug-likeness (QED) is 0.583. The second kappa shape index (κ2) is 10.4. The summed E-state index contributed by atoms with van der Waals surface area (Å²) in [5.74, 6) is 0.311. The maximum atomic E-state index is 11.2. The summed E-state index contributed by atoms with van der Waals surface area (Å²) in [6.45, 7) is 5.01. The molecule has 3 rings (SSSR count). The molecule has 0 aliphatic carbocycles. The maximum absolute atomic E-state index is 11.2. The average molecular weight is 364 g/mol. The number of aryl methyl sites for hydroxylation is 2. The lowest BCUT2D eigenvalue weighted by Gasteiger charge is -2.19. The van der Waals surface area contributed by atoms with Crippen LogP contribution < -0.4 is 0 Å². The van der Waals surface area contributed by atoms with E-state index in [1.54, 1.807) is 23.6 Å². The summed E-state index contributed by atoms with van der Waals surface area (Å²) < 4.78 is 0. The second-order valence-corrected chi connectivity index (χ2v) is 7.89. The smallest absolute Gasteiger partial charge is 0.129 e. The number of rotatable bonds is 9. The topological polar surface area (TPSA) is 20.3 Å². The van der Waals surface area contributed by atoms with Crippen molar-refractivity contribution in [3.8, 4) is 0 Å². The van der Waals surface area contributed by atoms with Gasteiger partial charge in [-0.15, -0.1) is 0 Å². The van der Waals surface area contributed by atoms with E-state index in [1.165, 1.54) is 31.2 Å². The molecule has 0 radical (unpaired) electrons. The van der Waals surface area contributed by atoms with Crippen molar-refractivity contribution in [3.05, 3.63) is 70.8 Å². The number of hydrogen-bond donors (Lipinski definition) is 0. The van der Waals surface area contributed by atoms with Gasteiger partial charge in [0.1, 0.15) is 5.78 Å². The number of hydrogen-bond acceptors (Lipinski definition) is 2. The summed E-state index contributed by atoms with van der Waals surface area (Å²) in [5, 5.41) is 0. The first-order chi connectivity index (χ1) is 13.2. The standard InChI is InChI=1S/C25H33NO/c1-21(27)9-8-18-26-19-16-24-15-7-14-23(25(24)17-20-26)13-6-5-12-22-10-3-2-4-11-22/h2-4,7,10-11,14-15H,5-6,8-9,12-13,16-20H2,1H3. The van der Waals surface area contributed by atoms with Crippen molar-refractivity contribution in [2.75, 3.05) is 19.6 Å². The van der Waals surface area contributed by atoms with Crippen LogP contribution in [0.4, 0.5) is 0 Å². The summed E-state index contributed by atoms with van der Waals surface area (Å²) in [4.78, 5) is 13.7. The molecule has 1 aliphatic heterocycles. The van der Waals surface area contributed by atoms with E-state index in [9.17, 15) is 4.79 Å². The molecule has 0 fully saturated rings. The van der Waals surface area contributed by atoms with Crippen molar-refractivity contribution in [2.45, 2.75) is 58.3 Å². The van der Waals surface area contributed by atoms with E-state index < -0.39 is 0 Å². The Bertz CT molecular complexity index is 722. The Morgan fingerprint density at radius 3 is 2.48 bits per heavy atom. The van der Waals surface area contributed by atoms with Gasteiger partial charge in [0.25, 0.3) is 0 Å².